The Bertz CT molecular complexity index is 849. The molecule has 1 heterocycles. The van der Waals surface area contributed by atoms with Gasteiger partial charge in [-0.3, -0.25) is 0 Å². The van der Waals surface area contributed by atoms with Crippen molar-refractivity contribution in [2.24, 2.45) is 5.73 Å². The van der Waals surface area contributed by atoms with Gasteiger partial charge in [-0.15, -0.1) is 0 Å². The lowest BCUT2D eigenvalue weighted by Crippen LogP contribution is -2.25. The summed E-state index contributed by atoms with van der Waals surface area (Å²) in [6.45, 7) is 2.59. The highest BCUT2D eigenvalue weighted by Gasteiger charge is 2.11. The van der Waals surface area contributed by atoms with Crippen LogP contribution in [0.1, 0.15) is 6.92 Å². The molecule has 4 nitrogen and oxygen atoms in total. The Balaban J connectivity index is 2.16. The number of hydrogen-bond donors (Lipinski definition) is 3. The van der Waals surface area contributed by atoms with Crippen molar-refractivity contribution >= 4 is 28.2 Å². The minimum Gasteiger partial charge on any atom is -0.507 e. The average Bonchev–Trinajstić information content (AvgIpc) is 2.54. The molecule has 5 heteroatoms. The number of nitrogens with one attached hydrogen (secondary N) is 1. The van der Waals surface area contributed by atoms with E-state index in [1.54, 1.807) is 18.2 Å². The summed E-state index contributed by atoms with van der Waals surface area (Å²) in [5.41, 5.74) is 8.89. The number of anilines is 1. The molecule has 118 valence electrons. The molecule has 0 bridgehead atoms. The van der Waals surface area contributed by atoms with Gasteiger partial charge >= 0.3 is 0 Å². The highest BCUT2D eigenvalue weighted by molar-refractivity contribution is 6.31. The predicted octanol–water partition coefficient (Wildman–Crippen LogP) is 4.02. The summed E-state index contributed by atoms with van der Waals surface area (Å²) in [6.07, 6.45) is 0. The number of halogens is 1. The molecular formula is C18H18ClN3O. The largest absolute Gasteiger partial charge is 0.507 e. The first-order valence-corrected chi connectivity index (χ1v) is 7.80. The normalized spacial score (nSPS) is 12.3. The molecule has 0 aliphatic carbocycles. The van der Waals surface area contributed by atoms with Crippen molar-refractivity contribution in [2.75, 3.05) is 11.9 Å². The lowest BCUT2D eigenvalue weighted by Gasteiger charge is -2.14. The summed E-state index contributed by atoms with van der Waals surface area (Å²) in [4.78, 5) is 4.65. The zero-order chi connectivity index (χ0) is 16.4. The third-order valence-corrected chi connectivity index (χ3v) is 3.80. The number of hydrogen-bond acceptors (Lipinski definition) is 4. The number of rotatable bonds is 4. The van der Waals surface area contributed by atoms with Crippen molar-refractivity contribution in [3.8, 4) is 17.0 Å². The first-order chi connectivity index (χ1) is 11.0. The minimum atomic E-state index is 0.0324. The maximum Gasteiger partial charge on any atom is 0.125 e. The smallest absolute Gasteiger partial charge is 0.125 e. The maximum absolute atomic E-state index is 10.1. The van der Waals surface area contributed by atoms with Gasteiger partial charge in [-0.05, 0) is 37.3 Å². The molecule has 0 saturated carbocycles. The molecule has 3 aromatic rings. The molecule has 0 spiro atoms. The first kappa shape index (κ1) is 15.6. The number of pyridine rings is 1. The number of para-hydroxylation sites is 1. The number of fused-ring (bicyclic) bond motifs is 1. The van der Waals surface area contributed by atoms with Crippen LogP contribution in [-0.2, 0) is 0 Å². The van der Waals surface area contributed by atoms with Gasteiger partial charge in [0, 0.05) is 34.2 Å². The number of nitrogens with zero attached hydrogens (tertiary/aromatic N) is 1. The van der Waals surface area contributed by atoms with Gasteiger partial charge in [0.2, 0.25) is 0 Å². The third-order valence-electron chi connectivity index (χ3n) is 3.57. The average molecular weight is 328 g/mol. The topological polar surface area (TPSA) is 71.2 Å². The molecule has 3 rings (SSSR count). The first-order valence-electron chi connectivity index (χ1n) is 7.43. The van der Waals surface area contributed by atoms with Crippen LogP contribution < -0.4 is 11.1 Å². The second kappa shape index (κ2) is 6.44. The summed E-state index contributed by atoms with van der Waals surface area (Å²) in [6, 6.07) is 14.7. The third kappa shape index (κ3) is 3.38. The number of phenolic OH excluding ortho intramolecular Hbond substituents is 1. The van der Waals surface area contributed by atoms with Crippen LogP contribution in [0.5, 0.6) is 5.75 Å². The van der Waals surface area contributed by atoms with Crippen LogP contribution in [0.25, 0.3) is 22.2 Å². The Hall–Kier alpha value is -2.30. The van der Waals surface area contributed by atoms with Crippen molar-refractivity contribution < 1.29 is 5.11 Å². The Morgan fingerprint density at radius 2 is 2.00 bits per heavy atom. The quantitative estimate of drug-likeness (QED) is 0.677. The second-order valence-corrected chi connectivity index (χ2v) is 6.03. The van der Waals surface area contributed by atoms with E-state index in [2.05, 4.69) is 10.3 Å². The van der Waals surface area contributed by atoms with Crippen molar-refractivity contribution in [1.82, 2.24) is 4.98 Å². The molecule has 1 atom stereocenters. The van der Waals surface area contributed by atoms with Crippen molar-refractivity contribution in [2.45, 2.75) is 13.0 Å². The molecule has 0 saturated heterocycles. The van der Waals surface area contributed by atoms with Crippen molar-refractivity contribution in [3.05, 3.63) is 53.6 Å². The zero-order valence-corrected chi connectivity index (χ0v) is 13.5. The minimum absolute atomic E-state index is 0.0324. The van der Waals surface area contributed by atoms with E-state index in [-0.39, 0.29) is 11.8 Å². The van der Waals surface area contributed by atoms with E-state index in [9.17, 15) is 5.11 Å². The molecule has 1 aromatic heterocycles. The van der Waals surface area contributed by atoms with E-state index in [1.807, 2.05) is 37.3 Å². The summed E-state index contributed by atoms with van der Waals surface area (Å²) in [5, 5.41) is 15.0. The van der Waals surface area contributed by atoms with Gasteiger partial charge in [-0.2, -0.15) is 0 Å². The molecule has 23 heavy (non-hydrogen) atoms. The molecule has 0 radical (unpaired) electrons. The van der Waals surface area contributed by atoms with Crippen LogP contribution in [-0.4, -0.2) is 22.7 Å². The molecule has 2 aromatic carbocycles. The Morgan fingerprint density at radius 1 is 1.22 bits per heavy atom. The van der Waals surface area contributed by atoms with Crippen LogP contribution in [0.3, 0.4) is 0 Å². The van der Waals surface area contributed by atoms with E-state index in [4.69, 9.17) is 17.3 Å². The van der Waals surface area contributed by atoms with Gasteiger partial charge in [-0.25, -0.2) is 4.98 Å². The standard InChI is InChI=1S/C18H18ClN3O/c1-11(20)10-21-16-9-17(14-8-12(19)6-7-18(14)23)22-15-5-3-2-4-13(15)16/h2-9,11,23H,10,20H2,1H3,(H,21,22). The van der Waals surface area contributed by atoms with Crippen LogP contribution in [0, 0.1) is 0 Å². The fourth-order valence-electron chi connectivity index (χ4n) is 2.44. The molecule has 4 N–H and O–H groups in total. The number of nitrogens with two attached hydrogens (primary N) is 1. The summed E-state index contributed by atoms with van der Waals surface area (Å²) in [5.74, 6) is 0.148. The van der Waals surface area contributed by atoms with E-state index in [0.29, 0.717) is 22.8 Å². The SMILES string of the molecule is CC(N)CNc1cc(-c2cc(Cl)ccc2O)nc2ccccc12. The van der Waals surface area contributed by atoms with Crippen LogP contribution in [0.15, 0.2) is 48.5 Å². The Morgan fingerprint density at radius 3 is 2.78 bits per heavy atom. The van der Waals surface area contributed by atoms with E-state index >= 15 is 0 Å². The second-order valence-electron chi connectivity index (χ2n) is 5.59. The van der Waals surface area contributed by atoms with E-state index in [0.717, 1.165) is 16.6 Å². The van der Waals surface area contributed by atoms with Gasteiger partial charge in [0.1, 0.15) is 5.75 Å². The Kier molecular flexibility index (Phi) is 4.37. The fourth-order valence-corrected chi connectivity index (χ4v) is 2.62. The number of aromatic hydroxyl groups is 1. The number of aromatic nitrogens is 1. The van der Waals surface area contributed by atoms with Crippen LogP contribution in [0.4, 0.5) is 5.69 Å². The van der Waals surface area contributed by atoms with Crippen LogP contribution >= 0.6 is 11.6 Å². The van der Waals surface area contributed by atoms with Gasteiger partial charge in [0.15, 0.2) is 0 Å². The zero-order valence-electron chi connectivity index (χ0n) is 12.8. The lowest BCUT2D eigenvalue weighted by atomic mass is 10.1. The number of benzene rings is 2. The van der Waals surface area contributed by atoms with E-state index < -0.39 is 0 Å². The van der Waals surface area contributed by atoms with Gasteiger partial charge in [0.05, 0.1) is 11.2 Å². The van der Waals surface area contributed by atoms with E-state index in [1.165, 1.54) is 0 Å². The van der Waals surface area contributed by atoms with Crippen LogP contribution in [0.2, 0.25) is 5.02 Å². The van der Waals surface area contributed by atoms with Crippen molar-refractivity contribution in [3.63, 3.8) is 0 Å². The molecule has 1 unspecified atom stereocenters. The maximum atomic E-state index is 10.1. The monoisotopic (exact) mass is 327 g/mol. The molecule has 0 aliphatic rings. The Labute approximate surface area is 139 Å². The summed E-state index contributed by atoms with van der Waals surface area (Å²) in [7, 11) is 0. The molecular weight excluding hydrogens is 310 g/mol. The molecule has 0 amide bonds. The van der Waals surface area contributed by atoms with Gasteiger partial charge < -0.3 is 16.2 Å². The van der Waals surface area contributed by atoms with Crippen molar-refractivity contribution in [1.29, 1.82) is 0 Å². The van der Waals surface area contributed by atoms with Gasteiger partial charge in [0.25, 0.3) is 0 Å². The molecule has 0 fully saturated rings. The number of phenols is 1. The molecule has 0 aliphatic heterocycles. The van der Waals surface area contributed by atoms with Gasteiger partial charge in [-0.1, -0.05) is 29.8 Å². The highest BCUT2D eigenvalue weighted by Crippen LogP contribution is 2.34. The summed E-state index contributed by atoms with van der Waals surface area (Å²) < 4.78 is 0. The lowest BCUT2D eigenvalue weighted by molar-refractivity contribution is 0.477. The predicted molar refractivity (Wildman–Crippen MR) is 96.0 cm³/mol. The summed E-state index contributed by atoms with van der Waals surface area (Å²) >= 11 is 6.06. The fraction of sp³-hybridized carbons (Fsp3) is 0.167. The highest BCUT2D eigenvalue weighted by atomic mass is 35.5.